The lowest BCUT2D eigenvalue weighted by atomic mass is 10.0. The monoisotopic (exact) mass is 689 g/mol. The van der Waals surface area contributed by atoms with Crippen LogP contribution in [0.1, 0.15) is 22.7 Å². The summed E-state index contributed by atoms with van der Waals surface area (Å²) in [6.45, 7) is -0.350. The van der Waals surface area contributed by atoms with Crippen LogP contribution < -0.4 is 14.8 Å². The Morgan fingerprint density at radius 1 is 0.750 bits per heavy atom. The van der Waals surface area contributed by atoms with Crippen LogP contribution in [0.2, 0.25) is 5.02 Å². The predicted molar refractivity (Wildman–Crippen MR) is 179 cm³/mol. The normalized spacial score (nSPS) is 11.7. The van der Waals surface area contributed by atoms with E-state index < -0.39 is 46.1 Å². The third kappa shape index (κ3) is 9.18. The van der Waals surface area contributed by atoms with E-state index in [2.05, 4.69) is 10.0 Å². The molecule has 0 aliphatic carbocycles. The quantitative estimate of drug-likeness (QED) is 0.140. The molecule has 0 spiro atoms. The zero-order valence-electron chi connectivity index (χ0n) is 25.4. The van der Waals surface area contributed by atoms with Gasteiger partial charge in [0.2, 0.25) is 5.91 Å². The number of amides is 2. The number of carbonyl (C=O) groups excluding carboxylic acids is 2. The van der Waals surface area contributed by atoms with Crippen molar-refractivity contribution in [2.45, 2.75) is 24.0 Å². The number of hydrogen-bond acceptors (Lipinski definition) is 5. The van der Waals surface area contributed by atoms with E-state index in [1.165, 1.54) is 65.6 Å². The number of carbonyl (C=O) groups is 2. The molecule has 5 aromatic rings. The van der Waals surface area contributed by atoms with Gasteiger partial charge in [-0.1, -0.05) is 66.2 Å². The van der Waals surface area contributed by atoms with Crippen LogP contribution in [0.3, 0.4) is 0 Å². The number of sulfonamides is 1. The summed E-state index contributed by atoms with van der Waals surface area (Å²) in [5, 5.41) is 3.46. The van der Waals surface area contributed by atoms with Crippen LogP contribution in [-0.4, -0.2) is 31.7 Å². The van der Waals surface area contributed by atoms with E-state index in [4.69, 9.17) is 16.3 Å². The smallest absolute Gasteiger partial charge is 0.261 e. The minimum atomic E-state index is -3.99. The molecule has 12 heteroatoms. The summed E-state index contributed by atoms with van der Waals surface area (Å²) in [5.74, 6) is -1.74. The number of ether oxygens (including phenoxy) is 1. The molecule has 5 rings (SSSR count). The molecule has 0 heterocycles. The molecular formula is C36H30ClF2N3O5S. The fraction of sp³-hybridized carbons (Fsp3) is 0.111. The highest BCUT2D eigenvalue weighted by Gasteiger charge is 2.32. The summed E-state index contributed by atoms with van der Waals surface area (Å²) in [5.41, 5.74) is 2.12. The highest BCUT2D eigenvalue weighted by atomic mass is 35.5. The fourth-order valence-corrected chi connectivity index (χ4v) is 5.97. The second-order valence-electron chi connectivity index (χ2n) is 10.7. The Morgan fingerprint density at radius 2 is 1.33 bits per heavy atom. The van der Waals surface area contributed by atoms with Gasteiger partial charge in [0.15, 0.2) is 6.61 Å². The largest absolute Gasteiger partial charge is 0.484 e. The highest BCUT2D eigenvalue weighted by Crippen LogP contribution is 2.26. The Balaban J connectivity index is 1.35. The molecule has 48 heavy (non-hydrogen) atoms. The Hall–Kier alpha value is -5.26. The molecule has 2 amide bonds. The van der Waals surface area contributed by atoms with E-state index in [1.807, 2.05) is 0 Å². The molecule has 0 bridgehead atoms. The average Bonchev–Trinajstić information content (AvgIpc) is 3.09. The second-order valence-corrected chi connectivity index (χ2v) is 12.8. The molecule has 8 nitrogen and oxygen atoms in total. The van der Waals surface area contributed by atoms with Crippen molar-refractivity contribution in [2.24, 2.45) is 0 Å². The van der Waals surface area contributed by atoms with Gasteiger partial charge in [0, 0.05) is 23.8 Å². The zero-order valence-corrected chi connectivity index (χ0v) is 26.9. The molecule has 0 fully saturated rings. The van der Waals surface area contributed by atoms with Gasteiger partial charge in [-0.2, -0.15) is 0 Å². The lowest BCUT2D eigenvalue weighted by Crippen LogP contribution is -2.45. The van der Waals surface area contributed by atoms with Crippen molar-refractivity contribution in [1.29, 1.82) is 0 Å². The molecule has 0 aromatic heterocycles. The SMILES string of the molecule is O=C(NCc1ccc(Cl)cc1)C(c1ccccc1)N(Cc1ccc(F)cc1)C(=O)COc1ccc(S(=O)(=O)Nc2ccc(F)cc2)cc1. The van der Waals surface area contributed by atoms with Crippen molar-refractivity contribution < 1.29 is 31.5 Å². The van der Waals surface area contributed by atoms with Gasteiger partial charge < -0.3 is 15.0 Å². The van der Waals surface area contributed by atoms with Crippen molar-refractivity contribution in [3.63, 3.8) is 0 Å². The molecule has 2 N–H and O–H groups in total. The molecule has 0 aliphatic heterocycles. The Labute approximate surface area is 282 Å². The molecule has 1 atom stereocenters. The van der Waals surface area contributed by atoms with Crippen LogP contribution in [0.25, 0.3) is 0 Å². The lowest BCUT2D eigenvalue weighted by Gasteiger charge is -2.31. The second kappa shape index (κ2) is 15.6. The first-order valence-electron chi connectivity index (χ1n) is 14.7. The Kier molecular flexibility index (Phi) is 11.0. The molecule has 5 aromatic carbocycles. The first-order chi connectivity index (χ1) is 23.1. The molecule has 246 valence electrons. The summed E-state index contributed by atoms with van der Waals surface area (Å²) >= 11 is 6.00. The van der Waals surface area contributed by atoms with Crippen LogP contribution >= 0.6 is 11.6 Å². The summed E-state index contributed by atoms with van der Waals surface area (Å²) in [6, 6.07) is 30.6. The van der Waals surface area contributed by atoms with Gasteiger partial charge in [-0.3, -0.25) is 14.3 Å². The van der Waals surface area contributed by atoms with E-state index in [0.717, 1.165) is 17.7 Å². The van der Waals surface area contributed by atoms with Crippen molar-refractivity contribution >= 4 is 39.1 Å². The highest BCUT2D eigenvalue weighted by molar-refractivity contribution is 7.92. The van der Waals surface area contributed by atoms with Gasteiger partial charge in [0.25, 0.3) is 15.9 Å². The molecule has 0 radical (unpaired) electrons. The minimum Gasteiger partial charge on any atom is -0.484 e. The van der Waals surface area contributed by atoms with E-state index >= 15 is 0 Å². The number of nitrogens with zero attached hydrogens (tertiary/aromatic N) is 1. The summed E-state index contributed by atoms with van der Waals surface area (Å²) in [4.78, 5) is 29.0. The number of benzene rings is 5. The predicted octanol–water partition coefficient (Wildman–Crippen LogP) is 6.88. The van der Waals surface area contributed by atoms with Gasteiger partial charge in [-0.15, -0.1) is 0 Å². The lowest BCUT2D eigenvalue weighted by molar-refractivity contribution is -0.143. The van der Waals surface area contributed by atoms with Crippen molar-refractivity contribution in [1.82, 2.24) is 10.2 Å². The molecule has 0 saturated heterocycles. The maximum atomic E-state index is 13.9. The van der Waals surface area contributed by atoms with Crippen LogP contribution in [0.4, 0.5) is 14.5 Å². The third-order valence-electron chi connectivity index (χ3n) is 7.23. The number of nitrogens with one attached hydrogen (secondary N) is 2. The standard InChI is InChI=1S/C36H30ClF2N3O5S/c37-28-10-6-25(7-11-28)22-40-36(44)35(27-4-2-1-3-5-27)42(23-26-8-12-29(38)13-9-26)34(43)24-47-32-18-20-33(21-19-32)48(45,46)41-31-16-14-30(39)15-17-31/h1-21,35,41H,22-24H2,(H,40,44). The van der Waals surface area contributed by atoms with Gasteiger partial charge in [0.1, 0.15) is 23.4 Å². The number of halogens is 3. The van der Waals surface area contributed by atoms with Crippen LogP contribution in [0, 0.1) is 11.6 Å². The first kappa shape index (κ1) is 34.1. The van der Waals surface area contributed by atoms with Crippen molar-refractivity contribution in [3.8, 4) is 5.75 Å². The zero-order chi connectivity index (χ0) is 34.1. The minimum absolute atomic E-state index is 0.0391. The number of rotatable bonds is 13. The summed E-state index contributed by atoms with van der Waals surface area (Å²) in [7, 11) is -3.99. The summed E-state index contributed by atoms with van der Waals surface area (Å²) in [6.07, 6.45) is 0. The van der Waals surface area contributed by atoms with Crippen molar-refractivity contribution in [3.05, 3.63) is 161 Å². The van der Waals surface area contributed by atoms with E-state index in [0.29, 0.717) is 16.1 Å². The average molecular weight is 690 g/mol. The Morgan fingerprint density at radius 3 is 1.96 bits per heavy atom. The van der Waals surface area contributed by atoms with Crippen LogP contribution in [0.5, 0.6) is 5.75 Å². The van der Waals surface area contributed by atoms with Gasteiger partial charge in [-0.25, -0.2) is 17.2 Å². The Bertz CT molecular complexity index is 1950. The number of anilines is 1. The molecule has 0 saturated carbocycles. The third-order valence-corrected chi connectivity index (χ3v) is 8.88. The van der Waals surface area contributed by atoms with E-state index in [9.17, 15) is 26.8 Å². The van der Waals surface area contributed by atoms with Gasteiger partial charge in [-0.05, 0) is 89.5 Å². The summed E-state index contributed by atoms with van der Waals surface area (Å²) < 4.78 is 60.7. The molecule has 0 aliphatic rings. The maximum absolute atomic E-state index is 13.9. The van der Waals surface area contributed by atoms with Crippen molar-refractivity contribution in [2.75, 3.05) is 11.3 Å². The number of hydrogen-bond donors (Lipinski definition) is 2. The molecule has 1 unspecified atom stereocenters. The molecular weight excluding hydrogens is 660 g/mol. The van der Waals surface area contributed by atoms with E-state index in [-0.39, 0.29) is 29.4 Å². The van der Waals surface area contributed by atoms with E-state index in [1.54, 1.807) is 54.6 Å². The maximum Gasteiger partial charge on any atom is 0.261 e. The fourth-order valence-electron chi connectivity index (χ4n) is 4.78. The van der Waals surface area contributed by atoms with Gasteiger partial charge >= 0.3 is 0 Å². The van der Waals surface area contributed by atoms with Crippen LogP contribution in [0.15, 0.2) is 132 Å². The van der Waals surface area contributed by atoms with Crippen LogP contribution in [-0.2, 0) is 32.7 Å². The topological polar surface area (TPSA) is 105 Å². The first-order valence-corrected chi connectivity index (χ1v) is 16.6. The van der Waals surface area contributed by atoms with Gasteiger partial charge in [0.05, 0.1) is 4.90 Å².